The minimum atomic E-state index is -4.60. The first kappa shape index (κ1) is 77.0. The number of nitrogens with zero attached hydrogens (tertiary/aromatic N) is 1. The van der Waals surface area contributed by atoms with E-state index >= 15 is 0 Å². The Morgan fingerprint density at radius 3 is 1.00 bits per heavy atom. The molecule has 0 aliphatic heterocycles. The van der Waals surface area contributed by atoms with E-state index in [1.807, 2.05) is 27.2 Å². The maximum atomic E-state index is 13.0. The average Bonchev–Trinajstić information content (AvgIpc) is 3.41. The van der Waals surface area contributed by atoms with E-state index < -0.39 is 20.0 Å². The number of carbonyl (C=O) groups excluding carboxylic acids is 1. The van der Waals surface area contributed by atoms with Crippen molar-refractivity contribution in [3.63, 3.8) is 0 Å². The van der Waals surface area contributed by atoms with Crippen molar-refractivity contribution in [1.29, 1.82) is 0 Å². The summed E-state index contributed by atoms with van der Waals surface area (Å²) in [6.07, 6.45) is 78.8. The second-order valence-electron chi connectivity index (χ2n) is 25.2. The maximum Gasteiger partial charge on any atom is 0.268 e. The molecule has 3 atom stereocenters. The molecule has 0 aliphatic carbocycles. The van der Waals surface area contributed by atoms with E-state index in [9.17, 15) is 19.4 Å². The predicted molar refractivity (Wildman–Crippen MR) is 339 cm³/mol. The van der Waals surface area contributed by atoms with Crippen molar-refractivity contribution >= 4 is 13.7 Å². The van der Waals surface area contributed by atoms with Gasteiger partial charge in [-0.05, 0) is 44.9 Å². The predicted octanol–water partition coefficient (Wildman–Crippen LogP) is 21.3. The SMILES string of the molecule is CCCCCCCCCCCCCCCCCC/C=C\CCCCCCCCCCCCCCCCCCCC(=O)NC(COP(=O)([O-])OCC[N+](C)(C)C)C(O)/C=C/CCCCCCCCCCCCCCCCCCC. The van der Waals surface area contributed by atoms with Crippen LogP contribution < -0.4 is 10.2 Å². The molecule has 0 aromatic rings. The molecule has 0 saturated heterocycles. The number of rotatable bonds is 65. The number of unbranched alkanes of at least 4 members (excludes halogenated alkanes) is 50. The fourth-order valence-corrected chi connectivity index (χ4v) is 11.5. The molecule has 2 N–H and O–H groups in total. The highest BCUT2D eigenvalue weighted by Gasteiger charge is 2.23. The highest BCUT2D eigenvalue weighted by Crippen LogP contribution is 2.38. The van der Waals surface area contributed by atoms with Crippen molar-refractivity contribution in [2.45, 2.75) is 373 Å². The zero-order valence-electron chi connectivity index (χ0n) is 53.2. The standard InChI is InChI=1S/C69H137N2O6P/c1-6-8-10-12-14-16-18-20-22-24-26-27-28-29-30-31-32-33-34-35-36-37-38-39-40-41-42-43-45-47-49-51-53-55-57-59-61-63-69(73)70-67(66-77-78(74,75)76-65-64-71(3,4)5)68(72)62-60-58-56-54-52-50-48-46-44-25-23-21-19-17-15-13-11-9-7-2/h33-34,60,62,67-68,72H,6-32,35-59,61,63-66H2,1-5H3,(H-,70,73,74,75)/b34-33-,62-60+. The summed E-state index contributed by atoms with van der Waals surface area (Å²) in [7, 11) is 1.28. The summed E-state index contributed by atoms with van der Waals surface area (Å²) in [6.45, 7) is 4.71. The van der Waals surface area contributed by atoms with Crippen LogP contribution in [0.1, 0.15) is 361 Å². The zero-order valence-corrected chi connectivity index (χ0v) is 54.0. The van der Waals surface area contributed by atoms with E-state index in [4.69, 9.17) is 9.05 Å². The minimum Gasteiger partial charge on any atom is -0.756 e. The fourth-order valence-electron chi connectivity index (χ4n) is 10.7. The molecule has 464 valence electrons. The van der Waals surface area contributed by atoms with Crippen molar-refractivity contribution in [2.75, 3.05) is 40.9 Å². The summed E-state index contributed by atoms with van der Waals surface area (Å²) in [6, 6.07) is -0.885. The second-order valence-corrected chi connectivity index (χ2v) is 26.7. The number of phosphoric ester groups is 1. The van der Waals surface area contributed by atoms with Crippen LogP contribution in [0.15, 0.2) is 24.3 Å². The van der Waals surface area contributed by atoms with Crippen LogP contribution in [0.2, 0.25) is 0 Å². The molecule has 0 fully saturated rings. The minimum absolute atomic E-state index is 0.00163. The van der Waals surface area contributed by atoms with Gasteiger partial charge in [-0.2, -0.15) is 0 Å². The summed E-state index contributed by atoms with van der Waals surface area (Å²) in [5, 5.41) is 13.9. The summed E-state index contributed by atoms with van der Waals surface area (Å²) in [5.41, 5.74) is 0. The lowest BCUT2D eigenvalue weighted by atomic mass is 10.0. The first-order chi connectivity index (χ1) is 38.0. The van der Waals surface area contributed by atoms with Crippen LogP contribution in [-0.4, -0.2) is 68.5 Å². The number of quaternary nitrogens is 1. The Morgan fingerprint density at radius 2 is 0.705 bits per heavy atom. The zero-order chi connectivity index (χ0) is 57.0. The number of hydrogen-bond acceptors (Lipinski definition) is 6. The van der Waals surface area contributed by atoms with Crippen LogP contribution in [-0.2, 0) is 18.4 Å². The van der Waals surface area contributed by atoms with Gasteiger partial charge in [0.1, 0.15) is 13.2 Å². The number of amides is 1. The van der Waals surface area contributed by atoms with Gasteiger partial charge in [-0.3, -0.25) is 9.36 Å². The summed E-state index contributed by atoms with van der Waals surface area (Å²) >= 11 is 0. The number of carbonyl (C=O) groups is 1. The number of aliphatic hydroxyl groups excluding tert-OH is 1. The van der Waals surface area contributed by atoms with Gasteiger partial charge in [-0.15, -0.1) is 0 Å². The Balaban J connectivity index is 3.95. The van der Waals surface area contributed by atoms with Crippen LogP contribution in [0.5, 0.6) is 0 Å². The van der Waals surface area contributed by atoms with Crippen molar-refractivity contribution in [2.24, 2.45) is 0 Å². The molecule has 0 bridgehead atoms. The largest absolute Gasteiger partial charge is 0.756 e. The van der Waals surface area contributed by atoms with E-state index in [1.54, 1.807) is 6.08 Å². The van der Waals surface area contributed by atoms with Gasteiger partial charge in [0.25, 0.3) is 7.82 Å². The molecule has 0 aromatic heterocycles. The third-order valence-electron chi connectivity index (χ3n) is 16.2. The fraction of sp³-hybridized carbons (Fsp3) is 0.928. The normalized spacial score (nSPS) is 13.8. The third kappa shape index (κ3) is 62.6. The maximum absolute atomic E-state index is 13.0. The number of allylic oxidation sites excluding steroid dienone is 3. The van der Waals surface area contributed by atoms with Crippen LogP contribution >= 0.6 is 7.82 Å². The molecule has 8 nitrogen and oxygen atoms in total. The van der Waals surface area contributed by atoms with Crippen molar-refractivity contribution in [3.05, 3.63) is 24.3 Å². The Labute approximate surface area is 487 Å². The van der Waals surface area contributed by atoms with Gasteiger partial charge in [-0.1, -0.05) is 334 Å². The molecular weight excluding hydrogens is 984 g/mol. The first-order valence-corrected chi connectivity index (χ1v) is 36.2. The Bertz CT molecular complexity index is 1320. The number of aliphatic hydroxyl groups is 1. The Morgan fingerprint density at radius 1 is 0.436 bits per heavy atom. The van der Waals surface area contributed by atoms with Gasteiger partial charge in [-0.25, -0.2) is 0 Å². The van der Waals surface area contributed by atoms with Gasteiger partial charge in [0.05, 0.1) is 39.9 Å². The van der Waals surface area contributed by atoms with Crippen LogP contribution in [0.3, 0.4) is 0 Å². The van der Waals surface area contributed by atoms with E-state index in [2.05, 4.69) is 31.3 Å². The van der Waals surface area contributed by atoms with Gasteiger partial charge in [0, 0.05) is 6.42 Å². The monoisotopic (exact) mass is 1120 g/mol. The second kappa shape index (κ2) is 60.6. The molecule has 3 unspecified atom stereocenters. The van der Waals surface area contributed by atoms with Crippen LogP contribution in [0.4, 0.5) is 0 Å². The molecule has 0 spiro atoms. The lowest BCUT2D eigenvalue weighted by Gasteiger charge is -2.29. The number of likely N-dealkylation sites (N-methyl/N-ethyl adjacent to an activating group) is 1. The number of phosphoric acid groups is 1. The number of hydrogen-bond donors (Lipinski definition) is 2. The van der Waals surface area contributed by atoms with E-state index in [-0.39, 0.29) is 19.1 Å². The number of nitrogens with one attached hydrogen (secondary N) is 1. The molecule has 0 aromatic carbocycles. The Hall–Kier alpha value is -1.02. The molecule has 0 radical (unpaired) electrons. The van der Waals surface area contributed by atoms with Gasteiger partial charge >= 0.3 is 0 Å². The van der Waals surface area contributed by atoms with Gasteiger partial charge < -0.3 is 28.8 Å². The molecule has 1 amide bonds. The molecule has 0 rings (SSSR count). The summed E-state index contributed by atoms with van der Waals surface area (Å²) in [4.78, 5) is 25.6. The highest BCUT2D eigenvalue weighted by molar-refractivity contribution is 7.45. The highest BCUT2D eigenvalue weighted by atomic mass is 31.2. The molecule has 0 heterocycles. The van der Waals surface area contributed by atoms with E-state index in [1.165, 1.54) is 302 Å². The molecule has 78 heavy (non-hydrogen) atoms. The average molecular weight is 1120 g/mol. The van der Waals surface area contributed by atoms with Crippen LogP contribution in [0, 0.1) is 0 Å². The van der Waals surface area contributed by atoms with Gasteiger partial charge in [0.2, 0.25) is 5.91 Å². The first-order valence-electron chi connectivity index (χ1n) is 34.7. The summed E-state index contributed by atoms with van der Waals surface area (Å²) in [5.74, 6) is -0.190. The quantitative estimate of drug-likeness (QED) is 0.0272. The molecule has 0 saturated carbocycles. The third-order valence-corrected chi connectivity index (χ3v) is 17.1. The van der Waals surface area contributed by atoms with Crippen LogP contribution in [0.25, 0.3) is 0 Å². The van der Waals surface area contributed by atoms with E-state index in [0.717, 1.165) is 38.5 Å². The Kier molecular flexibility index (Phi) is 59.8. The smallest absolute Gasteiger partial charge is 0.268 e. The van der Waals surface area contributed by atoms with Crippen molar-refractivity contribution < 1.29 is 32.9 Å². The molecule has 0 aliphatic rings. The molecule has 9 heteroatoms. The lowest BCUT2D eigenvalue weighted by molar-refractivity contribution is -0.870. The molecular formula is C69H137N2O6P. The topological polar surface area (TPSA) is 108 Å². The van der Waals surface area contributed by atoms with Crippen molar-refractivity contribution in [3.8, 4) is 0 Å². The van der Waals surface area contributed by atoms with Crippen molar-refractivity contribution in [1.82, 2.24) is 5.32 Å². The van der Waals surface area contributed by atoms with E-state index in [0.29, 0.717) is 17.4 Å². The summed E-state index contributed by atoms with van der Waals surface area (Å²) < 4.78 is 23.4. The van der Waals surface area contributed by atoms with Gasteiger partial charge in [0.15, 0.2) is 0 Å². The lowest BCUT2D eigenvalue weighted by Crippen LogP contribution is -2.45.